The monoisotopic (exact) mass is 1320 g/mol. The molecule has 0 aliphatic carbocycles. The van der Waals surface area contributed by atoms with Crippen LogP contribution in [0.1, 0.15) is 158 Å². The molecule has 0 saturated carbocycles. The minimum atomic E-state index is -0.190. The Bertz CT molecular complexity index is 4800. The van der Waals surface area contributed by atoms with Crippen molar-refractivity contribution in [3.63, 3.8) is 0 Å². The molecule has 8 heteroatoms. The highest BCUT2D eigenvalue weighted by molar-refractivity contribution is 8.00. The molecule has 16 rings (SSSR count). The van der Waals surface area contributed by atoms with Crippen molar-refractivity contribution in [3.8, 4) is 5.69 Å². The van der Waals surface area contributed by atoms with Crippen LogP contribution in [0, 0.1) is 0 Å². The molecule has 4 aliphatic rings. The molecular formula is C90H90BN5S2. The zero-order valence-electron chi connectivity index (χ0n) is 60.4. The topological polar surface area (TPSA) is 17.9 Å². The summed E-state index contributed by atoms with van der Waals surface area (Å²) in [6, 6.07) is 85.5. The van der Waals surface area contributed by atoms with E-state index in [0.29, 0.717) is 0 Å². The van der Waals surface area contributed by atoms with Crippen LogP contribution in [0.15, 0.2) is 238 Å². The molecule has 4 aliphatic heterocycles. The normalized spacial score (nSPS) is 14.4. The smallest absolute Gasteiger partial charge is 0.252 e. The first kappa shape index (κ1) is 63.9. The van der Waals surface area contributed by atoms with Gasteiger partial charge in [-0.25, -0.2) is 0 Å². The number of hydrogen-bond acceptors (Lipinski definition) is 6. The second-order valence-electron chi connectivity index (χ2n) is 34.1. The summed E-state index contributed by atoms with van der Waals surface area (Å²) in [7, 11) is 0. The molecule has 0 saturated heterocycles. The summed E-state index contributed by atoms with van der Waals surface area (Å²) >= 11 is 3.72. The molecule has 0 fully saturated rings. The third kappa shape index (κ3) is 10.6. The summed E-state index contributed by atoms with van der Waals surface area (Å²) in [6.07, 6.45) is 0. The van der Waals surface area contributed by atoms with Gasteiger partial charge in [-0.15, -0.1) is 0 Å². The Morgan fingerprint density at radius 3 is 0.857 bits per heavy atom. The summed E-state index contributed by atoms with van der Waals surface area (Å²) < 4.78 is 2.61. The molecule has 0 unspecified atom stereocenters. The number of anilines is 12. The highest BCUT2D eigenvalue weighted by Gasteiger charge is 2.46. The van der Waals surface area contributed by atoms with Crippen LogP contribution < -0.4 is 36.0 Å². The number of rotatable bonds is 5. The lowest BCUT2D eigenvalue weighted by Crippen LogP contribution is -2.61. The minimum Gasteiger partial charge on any atom is -0.311 e. The third-order valence-electron chi connectivity index (χ3n) is 21.0. The van der Waals surface area contributed by atoms with Crippen molar-refractivity contribution in [3.05, 3.63) is 252 Å². The van der Waals surface area contributed by atoms with Crippen LogP contribution in [-0.2, 0) is 32.5 Å². The molecule has 0 atom stereocenters. The molecule has 5 nitrogen and oxygen atoms in total. The fourth-order valence-corrected chi connectivity index (χ4v) is 17.4. The van der Waals surface area contributed by atoms with E-state index >= 15 is 0 Å². The maximum absolute atomic E-state index is 2.70. The summed E-state index contributed by atoms with van der Waals surface area (Å²) in [5.41, 5.74) is 28.3. The van der Waals surface area contributed by atoms with Gasteiger partial charge >= 0.3 is 0 Å². The fourth-order valence-electron chi connectivity index (χ4n) is 15.3. The summed E-state index contributed by atoms with van der Waals surface area (Å²) in [5.74, 6) is 0. The van der Waals surface area contributed by atoms with Gasteiger partial charge in [0, 0.05) is 75.9 Å². The third-order valence-corrected chi connectivity index (χ3v) is 23.2. The van der Waals surface area contributed by atoms with Crippen molar-refractivity contribution in [2.45, 2.75) is 177 Å². The molecule has 0 N–H and O–H groups in total. The molecule has 0 bridgehead atoms. The van der Waals surface area contributed by atoms with E-state index in [1.807, 2.05) is 23.5 Å². The first-order chi connectivity index (χ1) is 46.4. The zero-order chi connectivity index (χ0) is 68.7. The Balaban J connectivity index is 1.08. The van der Waals surface area contributed by atoms with Crippen LogP contribution in [0.3, 0.4) is 0 Å². The van der Waals surface area contributed by atoms with E-state index in [4.69, 9.17) is 0 Å². The lowest BCUT2D eigenvalue weighted by molar-refractivity contribution is 0.568. The minimum absolute atomic E-state index is 0.0653. The van der Waals surface area contributed by atoms with Gasteiger partial charge in [0.25, 0.3) is 6.71 Å². The molecular weight excluding hydrogens is 1230 g/mol. The first-order valence-corrected chi connectivity index (χ1v) is 36.8. The Morgan fingerprint density at radius 2 is 0.541 bits per heavy atom. The van der Waals surface area contributed by atoms with Gasteiger partial charge in [0.2, 0.25) is 0 Å². The Hall–Kier alpha value is -8.82. The molecule has 11 aromatic carbocycles. The standard InChI is InChI=1S/C90H90BN5S2/c1-85(2,3)55-35-41-70-66(49-55)67-50-56(86(4,5)6)36-42-71(67)94(70)65-53-78-84-79(54-65)96(64-47-59(89(13,14)15)44-60(48-64)90(16,17)18)77-52-62(93-74-29-21-25-33-82(74)98-83-34-26-22-30-75(83)93)38-40-69(77)91(84)68-39-37-61(92-72-27-19-23-31-80(72)97-81-32-24-20-28-73(81)92)51-76(68)95(78)63-45-57(87(7,8)9)43-58(46-63)88(10,11)12/h19-54H,1-18H3. The second kappa shape index (κ2) is 22.3. The predicted octanol–water partition coefficient (Wildman–Crippen LogP) is 24.5. The van der Waals surface area contributed by atoms with E-state index in [1.165, 1.54) is 137 Å². The van der Waals surface area contributed by atoms with Gasteiger partial charge in [0.15, 0.2) is 0 Å². The average molecular weight is 1320 g/mol. The van der Waals surface area contributed by atoms with Crippen LogP contribution in [-0.4, -0.2) is 11.3 Å². The Labute approximate surface area is 591 Å². The van der Waals surface area contributed by atoms with Crippen LogP contribution in [0.4, 0.5) is 68.2 Å². The molecule has 5 heterocycles. The number of aromatic nitrogens is 1. The van der Waals surface area contributed by atoms with Crippen LogP contribution in [0.5, 0.6) is 0 Å². The van der Waals surface area contributed by atoms with Crippen molar-refractivity contribution in [1.82, 2.24) is 4.57 Å². The molecule has 0 amide bonds. The maximum atomic E-state index is 2.70. The largest absolute Gasteiger partial charge is 0.311 e. The zero-order valence-corrected chi connectivity index (χ0v) is 62.0. The van der Waals surface area contributed by atoms with Crippen molar-refractivity contribution in [1.29, 1.82) is 0 Å². The van der Waals surface area contributed by atoms with E-state index in [-0.39, 0.29) is 39.2 Å². The average Bonchev–Trinajstić information content (AvgIpc) is 0.846. The quantitative estimate of drug-likeness (QED) is 0.159. The van der Waals surface area contributed by atoms with Gasteiger partial charge in [0.1, 0.15) is 0 Å². The van der Waals surface area contributed by atoms with Crippen LogP contribution in [0.2, 0.25) is 0 Å². The van der Waals surface area contributed by atoms with E-state index < -0.39 is 0 Å². The second-order valence-corrected chi connectivity index (χ2v) is 36.2. The Morgan fingerprint density at radius 1 is 0.245 bits per heavy atom. The van der Waals surface area contributed by atoms with E-state index in [9.17, 15) is 0 Å². The number of fused-ring (bicyclic) bond motifs is 11. The summed E-state index contributed by atoms with van der Waals surface area (Å²) in [6.45, 7) is 42.4. The maximum Gasteiger partial charge on any atom is 0.252 e. The lowest BCUT2D eigenvalue weighted by Gasteiger charge is -2.46. The number of hydrogen-bond donors (Lipinski definition) is 0. The SMILES string of the molecule is CC(C)(C)c1cc(N2c3cc(N4c5ccccc5Sc5ccccc54)ccc3B3c4ccc(N5c6ccccc6Sc6ccccc65)cc4N(c4cc(C(C)(C)C)cc(C(C)(C)C)c4)c4cc(-n5c6ccc(C(C)(C)C)cc6c6cc(C(C)(C)C)ccc65)cc2c43)cc(C(C)(C)C)c1. The predicted molar refractivity (Wildman–Crippen MR) is 425 cm³/mol. The molecule has 1 aromatic heterocycles. The van der Waals surface area contributed by atoms with Gasteiger partial charge in [-0.3, -0.25) is 0 Å². The first-order valence-electron chi connectivity index (χ1n) is 35.2. The number of nitrogens with zero attached hydrogens (tertiary/aromatic N) is 5. The molecule has 98 heavy (non-hydrogen) atoms. The van der Waals surface area contributed by atoms with Crippen molar-refractivity contribution in [2.24, 2.45) is 0 Å². The molecule has 490 valence electrons. The molecule has 0 spiro atoms. The lowest BCUT2D eigenvalue weighted by atomic mass is 9.33. The Kier molecular flexibility index (Phi) is 14.6. The van der Waals surface area contributed by atoms with Crippen molar-refractivity contribution >= 4 is 137 Å². The van der Waals surface area contributed by atoms with Gasteiger partial charge in [-0.1, -0.05) is 233 Å². The highest BCUT2D eigenvalue weighted by Crippen LogP contribution is 2.56. The fraction of sp³-hybridized carbons (Fsp3) is 0.267. The number of benzene rings is 11. The van der Waals surface area contributed by atoms with Gasteiger partial charge in [-0.05, 0) is 216 Å². The van der Waals surface area contributed by atoms with Crippen molar-refractivity contribution < 1.29 is 0 Å². The van der Waals surface area contributed by atoms with Gasteiger partial charge < -0.3 is 24.2 Å². The highest BCUT2D eigenvalue weighted by atomic mass is 32.2. The van der Waals surface area contributed by atoms with Crippen LogP contribution >= 0.6 is 23.5 Å². The molecule has 12 aromatic rings. The summed E-state index contributed by atoms with van der Waals surface area (Å²) in [4.78, 5) is 15.4. The van der Waals surface area contributed by atoms with E-state index in [0.717, 1.165) is 28.4 Å². The van der Waals surface area contributed by atoms with Crippen LogP contribution in [0.25, 0.3) is 27.5 Å². The van der Waals surface area contributed by atoms with E-state index in [1.54, 1.807) is 0 Å². The van der Waals surface area contributed by atoms with Crippen molar-refractivity contribution in [2.75, 3.05) is 19.6 Å². The summed E-state index contributed by atoms with van der Waals surface area (Å²) in [5, 5.41) is 2.53. The van der Waals surface area contributed by atoms with Gasteiger partial charge in [-0.2, -0.15) is 0 Å². The molecule has 0 radical (unpaired) electrons. The van der Waals surface area contributed by atoms with Gasteiger partial charge in [0.05, 0.1) is 39.5 Å². The van der Waals surface area contributed by atoms with E-state index in [2.05, 4.69) is 367 Å². The number of para-hydroxylation sites is 4.